The van der Waals surface area contributed by atoms with Gasteiger partial charge in [-0.05, 0) is 42.7 Å². The summed E-state index contributed by atoms with van der Waals surface area (Å²) in [5.74, 6) is 0.0750. The van der Waals surface area contributed by atoms with E-state index in [1.54, 1.807) is 6.20 Å². The summed E-state index contributed by atoms with van der Waals surface area (Å²) in [5, 5.41) is 3.77. The van der Waals surface area contributed by atoms with E-state index in [1.165, 1.54) is 0 Å². The number of allylic oxidation sites excluding steroid dienone is 2. The molecule has 2 aromatic rings. The Labute approximate surface area is 135 Å². The van der Waals surface area contributed by atoms with Crippen LogP contribution >= 0.6 is 11.6 Å². The third-order valence-corrected chi connectivity index (χ3v) is 4.07. The molecule has 0 saturated carbocycles. The Morgan fingerprint density at radius 2 is 2.00 bits per heavy atom. The van der Waals surface area contributed by atoms with Gasteiger partial charge in [-0.25, -0.2) is 0 Å². The Morgan fingerprint density at radius 1 is 1.18 bits per heavy atom. The molecule has 0 saturated heterocycles. The molecular formula is C18H17ClN2O. The SMILES string of the molecule is O=C(NC(c1cccc(Cl)c1)c1ccccn1)C1CC=CC1. The molecule has 0 spiro atoms. The lowest BCUT2D eigenvalue weighted by Crippen LogP contribution is -2.34. The Bertz CT molecular complexity index is 676. The third kappa shape index (κ3) is 3.37. The van der Waals surface area contributed by atoms with Crippen molar-refractivity contribution in [2.75, 3.05) is 0 Å². The summed E-state index contributed by atoms with van der Waals surface area (Å²) in [6, 6.07) is 12.9. The van der Waals surface area contributed by atoms with E-state index in [1.807, 2.05) is 42.5 Å². The van der Waals surface area contributed by atoms with Crippen molar-refractivity contribution in [1.82, 2.24) is 10.3 Å². The van der Waals surface area contributed by atoms with Gasteiger partial charge in [-0.3, -0.25) is 9.78 Å². The van der Waals surface area contributed by atoms with Gasteiger partial charge in [0.05, 0.1) is 11.7 Å². The molecular weight excluding hydrogens is 296 g/mol. The first-order valence-electron chi connectivity index (χ1n) is 7.36. The topological polar surface area (TPSA) is 42.0 Å². The standard InChI is InChI=1S/C18H17ClN2O/c19-15-9-5-8-14(12-15)17(16-10-3-4-11-20-16)21-18(22)13-6-1-2-7-13/h1-5,8-13,17H,6-7H2,(H,21,22). The molecule has 22 heavy (non-hydrogen) atoms. The quantitative estimate of drug-likeness (QED) is 0.870. The van der Waals surface area contributed by atoms with Crippen molar-refractivity contribution >= 4 is 17.5 Å². The van der Waals surface area contributed by atoms with Crippen molar-refractivity contribution in [1.29, 1.82) is 0 Å². The van der Waals surface area contributed by atoms with Gasteiger partial charge in [0.2, 0.25) is 5.91 Å². The number of nitrogens with one attached hydrogen (secondary N) is 1. The Morgan fingerprint density at radius 3 is 2.68 bits per heavy atom. The largest absolute Gasteiger partial charge is 0.343 e. The number of carbonyl (C=O) groups is 1. The number of aromatic nitrogens is 1. The van der Waals surface area contributed by atoms with Crippen LogP contribution in [0, 0.1) is 5.92 Å². The van der Waals surface area contributed by atoms with Gasteiger partial charge in [-0.2, -0.15) is 0 Å². The van der Waals surface area contributed by atoms with E-state index in [0.717, 1.165) is 24.1 Å². The summed E-state index contributed by atoms with van der Waals surface area (Å²) in [6.45, 7) is 0. The maximum atomic E-state index is 12.5. The number of hydrogen-bond acceptors (Lipinski definition) is 2. The van der Waals surface area contributed by atoms with Gasteiger partial charge in [-0.15, -0.1) is 0 Å². The second kappa shape index (κ2) is 6.75. The first-order chi connectivity index (χ1) is 10.7. The van der Waals surface area contributed by atoms with E-state index < -0.39 is 0 Å². The molecule has 1 N–H and O–H groups in total. The van der Waals surface area contributed by atoms with E-state index >= 15 is 0 Å². The van der Waals surface area contributed by atoms with Gasteiger partial charge in [0.1, 0.15) is 0 Å². The summed E-state index contributed by atoms with van der Waals surface area (Å²) in [5.41, 5.74) is 1.74. The van der Waals surface area contributed by atoms with Crippen LogP contribution in [0.5, 0.6) is 0 Å². The number of pyridine rings is 1. The zero-order chi connectivity index (χ0) is 15.4. The van der Waals surface area contributed by atoms with Crippen LogP contribution in [0.2, 0.25) is 5.02 Å². The Kier molecular flexibility index (Phi) is 4.54. The van der Waals surface area contributed by atoms with Crippen LogP contribution in [0.3, 0.4) is 0 Å². The summed E-state index contributed by atoms with van der Waals surface area (Å²) in [7, 11) is 0. The molecule has 3 nitrogen and oxygen atoms in total. The number of rotatable bonds is 4. The molecule has 3 rings (SSSR count). The molecule has 112 valence electrons. The van der Waals surface area contributed by atoms with Crippen molar-refractivity contribution in [2.24, 2.45) is 5.92 Å². The summed E-state index contributed by atoms with van der Waals surface area (Å²) >= 11 is 6.10. The number of hydrogen-bond donors (Lipinski definition) is 1. The van der Waals surface area contributed by atoms with E-state index in [9.17, 15) is 4.79 Å². The van der Waals surface area contributed by atoms with Crippen LogP contribution in [-0.4, -0.2) is 10.9 Å². The molecule has 1 atom stereocenters. The molecule has 4 heteroatoms. The van der Waals surface area contributed by atoms with Crippen molar-refractivity contribution in [3.05, 3.63) is 77.1 Å². The minimum atomic E-state index is -0.284. The van der Waals surface area contributed by atoms with Gasteiger partial charge < -0.3 is 5.32 Å². The zero-order valence-corrected chi connectivity index (χ0v) is 12.8. The van der Waals surface area contributed by atoms with Crippen LogP contribution in [0.25, 0.3) is 0 Å². The van der Waals surface area contributed by atoms with Crippen LogP contribution in [0.1, 0.15) is 30.1 Å². The molecule has 1 heterocycles. The number of nitrogens with zero attached hydrogens (tertiary/aromatic N) is 1. The molecule has 0 aliphatic heterocycles. The summed E-state index contributed by atoms with van der Waals surface area (Å²) in [6.07, 6.45) is 7.45. The first-order valence-corrected chi connectivity index (χ1v) is 7.73. The van der Waals surface area contributed by atoms with E-state index in [0.29, 0.717) is 5.02 Å². The molecule has 0 fully saturated rings. The fourth-order valence-electron chi connectivity index (χ4n) is 2.65. The van der Waals surface area contributed by atoms with Gasteiger partial charge in [0.25, 0.3) is 0 Å². The lowest BCUT2D eigenvalue weighted by Gasteiger charge is -2.21. The highest BCUT2D eigenvalue weighted by Crippen LogP contribution is 2.25. The highest BCUT2D eigenvalue weighted by Gasteiger charge is 2.24. The highest BCUT2D eigenvalue weighted by molar-refractivity contribution is 6.30. The number of carbonyl (C=O) groups excluding carboxylic acids is 1. The van der Waals surface area contributed by atoms with Crippen molar-refractivity contribution in [2.45, 2.75) is 18.9 Å². The molecule has 1 aromatic carbocycles. The van der Waals surface area contributed by atoms with E-state index in [4.69, 9.17) is 11.6 Å². The van der Waals surface area contributed by atoms with E-state index in [2.05, 4.69) is 22.5 Å². The predicted molar refractivity (Wildman–Crippen MR) is 87.5 cm³/mol. The number of benzene rings is 1. The molecule has 1 aromatic heterocycles. The molecule has 1 aliphatic rings. The fourth-order valence-corrected chi connectivity index (χ4v) is 2.85. The maximum Gasteiger partial charge on any atom is 0.224 e. The second-order valence-corrected chi connectivity index (χ2v) is 5.83. The normalized spacial score (nSPS) is 15.7. The monoisotopic (exact) mass is 312 g/mol. The lowest BCUT2D eigenvalue weighted by molar-refractivity contribution is -0.125. The second-order valence-electron chi connectivity index (χ2n) is 5.39. The molecule has 0 bridgehead atoms. The number of halogens is 1. The Hall–Kier alpha value is -2.13. The van der Waals surface area contributed by atoms with E-state index in [-0.39, 0.29) is 17.9 Å². The Balaban J connectivity index is 1.88. The number of amides is 1. The fraction of sp³-hybridized carbons (Fsp3) is 0.222. The van der Waals surface area contributed by atoms with Gasteiger partial charge >= 0.3 is 0 Å². The van der Waals surface area contributed by atoms with Crippen LogP contribution in [0.4, 0.5) is 0 Å². The van der Waals surface area contributed by atoms with Crippen molar-refractivity contribution < 1.29 is 4.79 Å². The third-order valence-electron chi connectivity index (χ3n) is 3.83. The zero-order valence-electron chi connectivity index (χ0n) is 12.1. The molecule has 1 amide bonds. The summed E-state index contributed by atoms with van der Waals surface area (Å²) in [4.78, 5) is 16.9. The van der Waals surface area contributed by atoms with Gasteiger partial charge in [-0.1, -0.05) is 42.0 Å². The predicted octanol–water partition coefficient (Wildman–Crippen LogP) is 3.91. The smallest absolute Gasteiger partial charge is 0.224 e. The van der Waals surface area contributed by atoms with Gasteiger partial charge in [0.15, 0.2) is 0 Å². The maximum absolute atomic E-state index is 12.5. The van der Waals surface area contributed by atoms with Gasteiger partial charge in [0, 0.05) is 17.1 Å². The van der Waals surface area contributed by atoms with Crippen molar-refractivity contribution in [3.63, 3.8) is 0 Å². The minimum Gasteiger partial charge on any atom is -0.343 e. The average molecular weight is 313 g/mol. The van der Waals surface area contributed by atoms with Crippen molar-refractivity contribution in [3.8, 4) is 0 Å². The lowest BCUT2D eigenvalue weighted by atomic mass is 10.0. The molecule has 0 radical (unpaired) electrons. The first kappa shape index (κ1) is 14.8. The summed E-state index contributed by atoms with van der Waals surface area (Å²) < 4.78 is 0. The average Bonchev–Trinajstić information content (AvgIpc) is 3.08. The van der Waals surface area contributed by atoms with Crippen LogP contribution < -0.4 is 5.32 Å². The highest BCUT2D eigenvalue weighted by atomic mass is 35.5. The van der Waals surface area contributed by atoms with Crippen LogP contribution in [-0.2, 0) is 4.79 Å². The molecule has 1 aliphatic carbocycles. The van der Waals surface area contributed by atoms with Crippen LogP contribution in [0.15, 0.2) is 60.8 Å². The minimum absolute atomic E-state index is 0.0189. The molecule has 1 unspecified atom stereocenters.